The summed E-state index contributed by atoms with van der Waals surface area (Å²) in [6.07, 6.45) is 6.79. The van der Waals surface area contributed by atoms with Crippen molar-refractivity contribution in [1.82, 2.24) is 0 Å². The van der Waals surface area contributed by atoms with Gasteiger partial charge in [-0.3, -0.25) is 0 Å². The molecule has 0 bridgehead atoms. The molecule has 16 heavy (non-hydrogen) atoms. The molecule has 1 saturated carbocycles. The van der Waals surface area contributed by atoms with Crippen molar-refractivity contribution < 1.29 is 4.74 Å². The first-order chi connectivity index (χ1) is 7.74. The minimum atomic E-state index is 0.721. The third-order valence-electron chi connectivity index (χ3n) is 3.65. The molecule has 0 amide bonds. The number of rotatable bonds is 2. The molecule has 2 rings (SSSR count). The van der Waals surface area contributed by atoms with E-state index in [9.17, 15) is 0 Å². The molecule has 1 aromatic carbocycles. The summed E-state index contributed by atoms with van der Waals surface area (Å²) in [4.78, 5) is 0. The molecule has 0 saturated heterocycles. The Bertz CT molecular complexity index is 367. The molecule has 1 aliphatic carbocycles. The van der Waals surface area contributed by atoms with Crippen LogP contribution in [-0.4, -0.2) is 7.11 Å². The Morgan fingerprint density at radius 3 is 2.50 bits per heavy atom. The van der Waals surface area contributed by atoms with Crippen LogP contribution in [0.2, 0.25) is 0 Å². The van der Waals surface area contributed by atoms with Gasteiger partial charge >= 0.3 is 0 Å². The zero-order valence-corrected chi connectivity index (χ0v) is 11.6. The number of halogens is 1. The van der Waals surface area contributed by atoms with Crippen LogP contribution in [0.25, 0.3) is 0 Å². The van der Waals surface area contributed by atoms with Crippen molar-refractivity contribution in [3.8, 4) is 5.75 Å². The predicted octanol–water partition coefficient (Wildman–Crippen LogP) is 4.81. The van der Waals surface area contributed by atoms with Gasteiger partial charge in [-0.2, -0.15) is 0 Å². The van der Waals surface area contributed by atoms with E-state index >= 15 is 0 Å². The largest absolute Gasteiger partial charge is 0.496 e. The first kappa shape index (κ1) is 12.0. The lowest BCUT2D eigenvalue weighted by Gasteiger charge is -2.25. The van der Waals surface area contributed by atoms with E-state index in [4.69, 9.17) is 4.74 Å². The van der Waals surface area contributed by atoms with Gasteiger partial charge in [-0.1, -0.05) is 35.2 Å². The Morgan fingerprint density at radius 2 is 1.88 bits per heavy atom. The first-order valence-electron chi connectivity index (χ1n) is 6.07. The average molecular weight is 283 g/mol. The van der Waals surface area contributed by atoms with Gasteiger partial charge in [0.2, 0.25) is 0 Å². The summed E-state index contributed by atoms with van der Waals surface area (Å²) in [7, 11) is 1.75. The summed E-state index contributed by atoms with van der Waals surface area (Å²) < 4.78 is 6.66. The molecule has 0 heterocycles. The van der Waals surface area contributed by atoms with Crippen LogP contribution >= 0.6 is 15.9 Å². The predicted molar refractivity (Wildman–Crippen MR) is 71.3 cm³/mol. The second kappa shape index (κ2) is 5.22. The van der Waals surface area contributed by atoms with Crippen molar-refractivity contribution in [2.45, 2.75) is 44.9 Å². The topological polar surface area (TPSA) is 9.23 Å². The van der Waals surface area contributed by atoms with Crippen molar-refractivity contribution in [3.05, 3.63) is 27.7 Å². The third-order valence-corrected chi connectivity index (χ3v) is 4.34. The molecule has 1 nitrogen and oxygen atoms in total. The number of hydrogen-bond acceptors (Lipinski definition) is 1. The molecule has 0 atom stereocenters. The maximum atomic E-state index is 5.41. The SMILES string of the molecule is COc1ccc(Br)c(C2CCCCC2)c1C. The number of methoxy groups -OCH3 is 1. The van der Waals surface area contributed by atoms with E-state index in [1.165, 1.54) is 47.7 Å². The first-order valence-corrected chi connectivity index (χ1v) is 6.86. The minimum Gasteiger partial charge on any atom is -0.496 e. The Balaban J connectivity index is 2.37. The molecule has 0 radical (unpaired) electrons. The van der Waals surface area contributed by atoms with Crippen LogP contribution in [0.1, 0.15) is 49.1 Å². The lowest BCUT2D eigenvalue weighted by molar-refractivity contribution is 0.405. The normalized spacial score (nSPS) is 17.4. The molecule has 0 aliphatic heterocycles. The van der Waals surface area contributed by atoms with Crippen LogP contribution in [0.5, 0.6) is 5.75 Å². The molecule has 0 unspecified atom stereocenters. The summed E-state index contributed by atoms with van der Waals surface area (Å²) in [5.74, 6) is 1.74. The van der Waals surface area contributed by atoms with E-state index in [2.05, 4.69) is 28.9 Å². The maximum absolute atomic E-state index is 5.41. The molecule has 0 spiro atoms. The molecule has 0 N–H and O–H groups in total. The second-order valence-corrected chi connectivity index (χ2v) is 5.48. The maximum Gasteiger partial charge on any atom is 0.122 e. The van der Waals surface area contributed by atoms with Crippen molar-refractivity contribution >= 4 is 15.9 Å². The third kappa shape index (κ3) is 2.27. The minimum absolute atomic E-state index is 0.721. The van der Waals surface area contributed by atoms with Crippen LogP contribution in [-0.2, 0) is 0 Å². The van der Waals surface area contributed by atoms with E-state index in [1.54, 1.807) is 7.11 Å². The highest BCUT2D eigenvalue weighted by Crippen LogP contribution is 2.40. The van der Waals surface area contributed by atoms with Crippen LogP contribution in [0.15, 0.2) is 16.6 Å². The summed E-state index contributed by atoms with van der Waals surface area (Å²) in [6, 6.07) is 4.17. The van der Waals surface area contributed by atoms with Crippen molar-refractivity contribution in [2.75, 3.05) is 7.11 Å². The summed E-state index contributed by atoms with van der Waals surface area (Å²) in [5.41, 5.74) is 2.78. The number of hydrogen-bond donors (Lipinski definition) is 0. The van der Waals surface area contributed by atoms with Crippen molar-refractivity contribution in [3.63, 3.8) is 0 Å². The Kier molecular flexibility index (Phi) is 3.91. The van der Waals surface area contributed by atoms with Crippen LogP contribution in [0.4, 0.5) is 0 Å². The second-order valence-electron chi connectivity index (χ2n) is 4.62. The molecular weight excluding hydrogens is 264 g/mol. The van der Waals surface area contributed by atoms with Gasteiger partial charge in [0.15, 0.2) is 0 Å². The van der Waals surface area contributed by atoms with E-state index in [-0.39, 0.29) is 0 Å². The van der Waals surface area contributed by atoms with Gasteiger partial charge in [0.25, 0.3) is 0 Å². The molecular formula is C14H19BrO. The van der Waals surface area contributed by atoms with Gasteiger partial charge in [-0.15, -0.1) is 0 Å². The Hall–Kier alpha value is -0.500. The molecule has 2 heteroatoms. The van der Waals surface area contributed by atoms with Crippen LogP contribution in [0, 0.1) is 6.92 Å². The number of ether oxygens (including phenoxy) is 1. The molecule has 0 aromatic heterocycles. The van der Waals surface area contributed by atoms with Crippen molar-refractivity contribution in [2.24, 2.45) is 0 Å². The fraction of sp³-hybridized carbons (Fsp3) is 0.571. The van der Waals surface area contributed by atoms with Gasteiger partial charge in [0.05, 0.1) is 7.11 Å². The lowest BCUT2D eigenvalue weighted by atomic mass is 9.82. The average Bonchev–Trinajstić information content (AvgIpc) is 2.31. The summed E-state index contributed by atoms with van der Waals surface area (Å²) in [6.45, 7) is 2.17. The summed E-state index contributed by atoms with van der Waals surface area (Å²) >= 11 is 3.69. The molecule has 88 valence electrons. The van der Waals surface area contributed by atoms with Gasteiger partial charge in [-0.25, -0.2) is 0 Å². The van der Waals surface area contributed by atoms with E-state index in [1.807, 2.05) is 6.07 Å². The highest BCUT2D eigenvalue weighted by Gasteiger charge is 2.21. The molecule has 1 aromatic rings. The van der Waals surface area contributed by atoms with Gasteiger partial charge in [0.1, 0.15) is 5.75 Å². The quantitative estimate of drug-likeness (QED) is 0.756. The van der Waals surface area contributed by atoms with E-state index < -0.39 is 0 Å². The van der Waals surface area contributed by atoms with Crippen LogP contribution < -0.4 is 4.74 Å². The fourth-order valence-corrected chi connectivity index (χ4v) is 3.54. The monoisotopic (exact) mass is 282 g/mol. The number of benzene rings is 1. The fourth-order valence-electron chi connectivity index (χ4n) is 2.79. The highest BCUT2D eigenvalue weighted by molar-refractivity contribution is 9.10. The Morgan fingerprint density at radius 1 is 1.19 bits per heavy atom. The van der Waals surface area contributed by atoms with Gasteiger partial charge in [-0.05, 0) is 48.9 Å². The zero-order valence-electron chi connectivity index (χ0n) is 10.1. The van der Waals surface area contributed by atoms with Crippen molar-refractivity contribution in [1.29, 1.82) is 0 Å². The standard InChI is InChI=1S/C14H19BrO/c1-10-13(16-2)9-8-12(15)14(10)11-6-4-3-5-7-11/h8-9,11H,3-7H2,1-2H3. The Labute approximate surface area is 106 Å². The molecule has 1 aliphatic rings. The highest BCUT2D eigenvalue weighted by atomic mass is 79.9. The zero-order chi connectivity index (χ0) is 11.5. The van der Waals surface area contributed by atoms with Gasteiger partial charge in [0, 0.05) is 4.47 Å². The van der Waals surface area contributed by atoms with E-state index in [0.29, 0.717) is 0 Å². The summed E-state index contributed by atoms with van der Waals surface area (Å²) in [5, 5.41) is 0. The smallest absolute Gasteiger partial charge is 0.122 e. The lowest BCUT2D eigenvalue weighted by Crippen LogP contribution is -2.07. The van der Waals surface area contributed by atoms with Crippen LogP contribution in [0.3, 0.4) is 0 Å². The van der Waals surface area contributed by atoms with Gasteiger partial charge < -0.3 is 4.74 Å². The van der Waals surface area contributed by atoms with E-state index in [0.717, 1.165) is 11.7 Å². The molecule has 1 fully saturated rings.